The lowest BCUT2D eigenvalue weighted by Gasteiger charge is -2.34. The fourth-order valence-electron chi connectivity index (χ4n) is 1.53. The molecule has 2 aliphatic rings. The molecular weight excluding hydrogens is 156 g/mol. The van der Waals surface area contributed by atoms with E-state index in [9.17, 15) is 0 Å². The summed E-state index contributed by atoms with van der Waals surface area (Å²) in [6.45, 7) is 5.80. The van der Waals surface area contributed by atoms with Gasteiger partial charge in [0.1, 0.15) is 6.61 Å². The minimum Gasteiger partial charge on any atom is -0.373 e. The Hall–Kier alpha value is -0.380. The van der Waals surface area contributed by atoms with E-state index in [0.29, 0.717) is 19.8 Å². The van der Waals surface area contributed by atoms with Crippen molar-refractivity contribution in [3.05, 3.63) is 12.2 Å². The molecule has 0 radical (unpaired) electrons. The van der Waals surface area contributed by atoms with Crippen LogP contribution in [0.25, 0.3) is 0 Å². The smallest absolute Gasteiger partial charge is 0.212 e. The largest absolute Gasteiger partial charge is 0.373 e. The Morgan fingerprint density at radius 3 is 2.50 bits per heavy atom. The number of hydrogen-bond donors (Lipinski definition) is 0. The molecule has 0 N–H and O–H groups in total. The highest BCUT2D eigenvalue weighted by molar-refractivity contribution is 5.12. The van der Waals surface area contributed by atoms with E-state index in [2.05, 4.69) is 0 Å². The quantitative estimate of drug-likeness (QED) is 0.509. The summed E-state index contributed by atoms with van der Waals surface area (Å²) in [5.41, 5.74) is -0.222. The Balaban J connectivity index is 2.10. The van der Waals surface area contributed by atoms with Crippen molar-refractivity contribution in [2.75, 3.05) is 19.8 Å². The molecule has 1 atom stereocenters. The lowest BCUT2D eigenvalue weighted by Crippen LogP contribution is -2.44. The summed E-state index contributed by atoms with van der Waals surface area (Å²) in [6.07, 6.45) is 3.97. The summed E-state index contributed by atoms with van der Waals surface area (Å²) in [5.74, 6) is -0.595. The third-order valence-corrected chi connectivity index (χ3v) is 2.05. The molecule has 0 aliphatic carbocycles. The normalized spacial score (nSPS) is 39.2. The molecule has 0 aromatic heterocycles. The summed E-state index contributed by atoms with van der Waals surface area (Å²) in [6, 6.07) is 0. The van der Waals surface area contributed by atoms with Crippen LogP contribution in [0.4, 0.5) is 0 Å². The van der Waals surface area contributed by atoms with Gasteiger partial charge in [-0.25, -0.2) is 0 Å². The first-order chi connectivity index (χ1) is 5.62. The lowest BCUT2D eigenvalue weighted by molar-refractivity contribution is -0.280. The van der Waals surface area contributed by atoms with Crippen molar-refractivity contribution in [3.63, 3.8) is 0 Å². The predicted molar refractivity (Wildman–Crippen MR) is 43.8 cm³/mol. The van der Waals surface area contributed by atoms with Gasteiger partial charge in [0.25, 0.3) is 0 Å². The van der Waals surface area contributed by atoms with Crippen LogP contribution in [0.5, 0.6) is 0 Å². The fraction of sp³-hybridized carbons (Fsp3) is 0.778. The molecule has 3 heteroatoms. The van der Waals surface area contributed by atoms with E-state index in [1.54, 1.807) is 0 Å². The Bertz CT molecular complexity index is 202. The van der Waals surface area contributed by atoms with Gasteiger partial charge in [-0.1, -0.05) is 6.08 Å². The third-order valence-electron chi connectivity index (χ3n) is 2.05. The molecule has 0 amide bonds. The van der Waals surface area contributed by atoms with Gasteiger partial charge in [-0.15, -0.1) is 0 Å². The molecule has 1 fully saturated rings. The molecule has 2 aliphatic heterocycles. The minimum atomic E-state index is -0.595. The van der Waals surface area contributed by atoms with Crippen LogP contribution in [0.3, 0.4) is 0 Å². The summed E-state index contributed by atoms with van der Waals surface area (Å²) in [7, 11) is 0. The van der Waals surface area contributed by atoms with Crippen molar-refractivity contribution < 1.29 is 14.2 Å². The zero-order valence-electron chi connectivity index (χ0n) is 7.50. The van der Waals surface area contributed by atoms with E-state index in [1.807, 2.05) is 26.0 Å². The summed E-state index contributed by atoms with van der Waals surface area (Å²) in [5, 5.41) is 0. The summed E-state index contributed by atoms with van der Waals surface area (Å²) in [4.78, 5) is 0. The second-order valence-electron chi connectivity index (χ2n) is 3.75. The predicted octanol–water partition coefficient (Wildman–Crippen LogP) is 1.09. The van der Waals surface area contributed by atoms with Crippen LogP contribution in [0.2, 0.25) is 0 Å². The monoisotopic (exact) mass is 170 g/mol. The van der Waals surface area contributed by atoms with Crippen LogP contribution in [0.15, 0.2) is 12.2 Å². The maximum Gasteiger partial charge on any atom is 0.212 e. The van der Waals surface area contributed by atoms with Crippen molar-refractivity contribution in [2.24, 2.45) is 0 Å². The zero-order valence-corrected chi connectivity index (χ0v) is 7.50. The van der Waals surface area contributed by atoms with Crippen LogP contribution < -0.4 is 0 Å². The third kappa shape index (κ3) is 1.40. The van der Waals surface area contributed by atoms with Gasteiger partial charge in [-0.05, 0) is 19.9 Å². The van der Waals surface area contributed by atoms with E-state index in [-0.39, 0.29) is 5.60 Å². The molecule has 0 saturated carbocycles. The SMILES string of the molecule is CC1(C)C=CC2(COCCO2)O1. The van der Waals surface area contributed by atoms with E-state index in [0.717, 1.165) is 0 Å². The van der Waals surface area contributed by atoms with Crippen LogP contribution in [0.1, 0.15) is 13.8 Å². The highest BCUT2D eigenvalue weighted by Crippen LogP contribution is 2.33. The molecule has 12 heavy (non-hydrogen) atoms. The molecule has 2 rings (SSSR count). The molecular formula is C9H14O3. The van der Waals surface area contributed by atoms with E-state index in [1.165, 1.54) is 0 Å². The van der Waals surface area contributed by atoms with Gasteiger partial charge in [0.15, 0.2) is 0 Å². The van der Waals surface area contributed by atoms with Crippen molar-refractivity contribution in [1.82, 2.24) is 0 Å². The molecule has 1 unspecified atom stereocenters. The van der Waals surface area contributed by atoms with Gasteiger partial charge < -0.3 is 14.2 Å². The summed E-state index contributed by atoms with van der Waals surface area (Å²) >= 11 is 0. The van der Waals surface area contributed by atoms with Gasteiger partial charge in [-0.3, -0.25) is 0 Å². The number of ether oxygens (including phenoxy) is 3. The van der Waals surface area contributed by atoms with Gasteiger partial charge in [-0.2, -0.15) is 0 Å². The van der Waals surface area contributed by atoms with E-state index < -0.39 is 5.79 Å². The molecule has 68 valence electrons. The molecule has 2 heterocycles. The average Bonchev–Trinajstić information content (AvgIpc) is 2.29. The lowest BCUT2D eigenvalue weighted by atomic mass is 10.1. The average molecular weight is 170 g/mol. The molecule has 1 spiro atoms. The zero-order chi connectivity index (χ0) is 8.66. The standard InChI is InChI=1S/C9H14O3/c1-8(2)3-4-9(12-8)7-10-5-6-11-9/h3-4H,5-7H2,1-2H3. The Morgan fingerprint density at radius 1 is 1.17 bits per heavy atom. The molecule has 0 bridgehead atoms. The molecule has 0 aromatic rings. The van der Waals surface area contributed by atoms with Crippen LogP contribution >= 0.6 is 0 Å². The van der Waals surface area contributed by atoms with Gasteiger partial charge in [0.2, 0.25) is 5.79 Å². The first-order valence-electron chi connectivity index (χ1n) is 4.24. The Kier molecular flexibility index (Phi) is 1.75. The van der Waals surface area contributed by atoms with Crippen LogP contribution in [0, 0.1) is 0 Å². The van der Waals surface area contributed by atoms with Gasteiger partial charge >= 0.3 is 0 Å². The topological polar surface area (TPSA) is 27.7 Å². The van der Waals surface area contributed by atoms with Crippen LogP contribution in [-0.4, -0.2) is 31.2 Å². The van der Waals surface area contributed by atoms with Crippen molar-refractivity contribution >= 4 is 0 Å². The molecule has 0 aromatic carbocycles. The Labute approximate surface area is 72.3 Å². The molecule has 1 saturated heterocycles. The minimum absolute atomic E-state index is 0.222. The maximum atomic E-state index is 5.72. The van der Waals surface area contributed by atoms with Crippen molar-refractivity contribution in [2.45, 2.75) is 25.2 Å². The second-order valence-corrected chi connectivity index (χ2v) is 3.75. The number of rotatable bonds is 0. The highest BCUT2D eigenvalue weighted by atomic mass is 16.7. The first-order valence-corrected chi connectivity index (χ1v) is 4.24. The highest BCUT2D eigenvalue weighted by Gasteiger charge is 2.42. The van der Waals surface area contributed by atoms with E-state index >= 15 is 0 Å². The van der Waals surface area contributed by atoms with E-state index in [4.69, 9.17) is 14.2 Å². The number of hydrogen-bond acceptors (Lipinski definition) is 3. The van der Waals surface area contributed by atoms with Gasteiger partial charge in [0.05, 0.1) is 18.8 Å². The second kappa shape index (κ2) is 2.55. The maximum absolute atomic E-state index is 5.72. The van der Waals surface area contributed by atoms with Crippen LogP contribution in [-0.2, 0) is 14.2 Å². The van der Waals surface area contributed by atoms with Crippen molar-refractivity contribution in [3.8, 4) is 0 Å². The van der Waals surface area contributed by atoms with Gasteiger partial charge in [0, 0.05) is 0 Å². The fourth-order valence-corrected chi connectivity index (χ4v) is 1.53. The molecule has 3 nitrogen and oxygen atoms in total. The Morgan fingerprint density at radius 2 is 2.00 bits per heavy atom. The summed E-state index contributed by atoms with van der Waals surface area (Å²) < 4.78 is 16.5. The first kappa shape index (κ1) is 8.23. The van der Waals surface area contributed by atoms with Crippen molar-refractivity contribution in [1.29, 1.82) is 0 Å².